The first-order chi connectivity index (χ1) is 11.3. The van der Waals surface area contributed by atoms with Crippen molar-refractivity contribution in [3.05, 3.63) is 55.6 Å². The third-order valence-electron chi connectivity index (χ3n) is 3.67. The Balaban J connectivity index is 2.22. The summed E-state index contributed by atoms with van der Waals surface area (Å²) < 4.78 is 4.25. The second kappa shape index (κ2) is 6.73. The van der Waals surface area contributed by atoms with E-state index in [2.05, 4.69) is 59.0 Å². The molecule has 5 heteroatoms. The smallest absolute Gasteiger partial charge is 0.0580 e. The molecule has 0 bridgehead atoms. The van der Waals surface area contributed by atoms with Crippen LogP contribution in [0.15, 0.2) is 45.2 Å². The van der Waals surface area contributed by atoms with Gasteiger partial charge in [-0.1, -0.05) is 29.6 Å². The van der Waals surface area contributed by atoms with Crippen molar-refractivity contribution >= 4 is 87.3 Å². The van der Waals surface area contributed by atoms with Gasteiger partial charge in [-0.25, -0.2) is 0 Å². The lowest BCUT2D eigenvalue weighted by Crippen LogP contribution is -2.13. The Morgan fingerprint density at radius 2 is 1.70 bits per heavy atom. The highest BCUT2D eigenvalue weighted by atomic mass is 32.2. The molecule has 0 spiro atoms. The number of thiophene rings is 2. The predicted octanol–water partition coefficient (Wildman–Crippen LogP) is 6.53. The van der Waals surface area contributed by atoms with Gasteiger partial charge < -0.3 is 0 Å². The average Bonchev–Trinajstić information content (AvgIpc) is 3.29. The third-order valence-corrected chi connectivity index (χ3v) is 8.63. The Hall–Kier alpha value is -0.590. The molecule has 3 heterocycles. The standard InChI is InChI=1S/C18H14S5/c1-3-6-19-11(2)14-12-4-7-21-17(12)15(18-22-9-10-23-18)13-5-8-20-16(13)14/h3-10H,1-2H3/b6-3-,14-11+. The molecule has 0 radical (unpaired) electrons. The van der Waals surface area contributed by atoms with E-state index in [4.69, 9.17) is 0 Å². The SMILES string of the molecule is C/C=C\S/C(C)=c1\c2ccsc2c(=C2SC=CS2)c2ccsc12. The zero-order valence-corrected chi connectivity index (χ0v) is 16.7. The molecule has 116 valence electrons. The van der Waals surface area contributed by atoms with Crippen LogP contribution in [0.1, 0.15) is 13.8 Å². The van der Waals surface area contributed by atoms with Gasteiger partial charge in [-0.2, -0.15) is 0 Å². The Labute approximate surface area is 156 Å². The summed E-state index contributed by atoms with van der Waals surface area (Å²) in [6.45, 7) is 4.31. The van der Waals surface area contributed by atoms with E-state index >= 15 is 0 Å². The van der Waals surface area contributed by atoms with E-state index in [0.717, 1.165) is 0 Å². The molecule has 3 aromatic rings. The molecule has 0 unspecified atom stereocenters. The largest absolute Gasteiger partial charge is 0.143 e. The molecule has 1 aliphatic heterocycles. The lowest BCUT2D eigenvalue weighted by atomic mass is 10.1. The quantitative estimate of drug-likeness (QED) is 0.488. The van der Waals surface area contributed by atoms with Crippen LogP contribution >= 0.6 is 58.0 Å². The second-order valence-corrected chi connectivity index (χ2v) is 10.1. The average molecular weight is 391 g/mol. The van der Waals surface area contributed by atoms with Gasteiger partial charge in [-0.3, -0.25) is 0 Å². The van der Waals surface area contributed by atoms with E-state index in [1.807, 2.05) is 58.0 Å². The number of hydrogen-bond acceptors (Lipinski definition) is 5. The molecule has 0 N–H and O–H groups in total. The normalized spacial score (nSPS) is 16.3. The van der Waals surface area contributed by atoms with Crippen molar-refractivity contribution in [1.29, 1.82) is 0 Å². The van der Waals surface area contributed by atoms with Gasteiger partial charge in [0.1, 0.15) is 0 Å². The third kappa shape index (κ3) is 2.72. The van der Waals surface area contributed by atoms with Crippen LogP contribution < -0.4 is 10.4 Å². The van der Waals surface area contributed by atoms with Gasteiger partial charge in [-0.05, 0) is 57.9 Å². The van der Waals surface area contributed by atoms with E-state index in [0.29, 0.717) is 0 Å². The first-order valence-corrected chi connectivity index (χ1v) is 11.6. The zero-order valence-electron chi connectivity index (χ0n) is 12.7. The first-order valence-electron chi connectivity index (χ1n) is 7.19. The molecule has 0 nitrogen and oxygen atoms in total. The van der Waals surface area contributed by atoms with Gasteiger partial charge in [0.25, 0.3) is 0 Å². The molecule has 1 aliphatic rings. The molecule has 23 heavy (non-hydrogen) atoms. The zero-order chi connectivity index (χ0) is 15.8. The van der Waals surface area contributed by atoms with Crippen LogP contribution in [0.4, 0.5) is 0 Å². The lowest BCUT2D eigenvalue weighted by Gasteiger charge is -2.05. The van der Waals surface area contributed by atoms with E-state index in [1.165, 1.54) is 39.8 Å². The summed E-state index contributed by atoms with van der Waals surface area (Å²) >= 11 is 9.24. The molecule has 0 fully saturated rings. The van der Waals surface area contributed by atoms with Crippen LogP contribution in [-0.4, -0.2) is 0 Å². The minimum absolute atomic E-state index is 1.38. The number of fused-ring (bicyclic) bond motifs is 2. The fraction of sp³-hybridized carbons (Fsp3) is 0.111. The van der Waals surface area contributed by atoms with Crippen molar-refractivity contribution in [2.75, 3.05) is 0 Å². The van der Waals surface area contributed by atoms with E-state index in [9.17, 15) is 0 Å². The molecule has 1 aromatic carbocycles. The van der Waals surface area contributed by atoms with Crippen molar-refractivity contribution < 1.29 is 0 Å². The highest BCUT2D eigenvalue weighted by Gasteiger charge is 2.14. The Morgan fingerprint density at radius 3 is 2.43 bits per heavy atom. The maximum absolute atomic E-state index is 2.29. The predicted molar refractivity (Wildman–Crippen MR) is 116 cm³/mol. The summed E-state index contributed by atoms with van der Waals surface area (Å²) in [5.74, 6) is 0. The fourth-order valence-corrected chi connectivity index (χ4v) is 7.51. The Morgan fingerprint density at radius 1 is 1.00 bits per heavy atom. The summed E-state index contributed by atoms with van der Waals surface area (Å²) in [5, 5.41) is 16.6. The number of benzene rings is 1. The van der Waals surface area contributed by atoms with Crippen molar-refractivity contribution in [1.82, 2.24) is 0 Å². The molecule has 0 aliphatic carbocycles. The number of rotatable bonds is 2. The van der Waals surface area contributed by atoms with Crippen LogP contribution in [-0.2, 0) is 0 Å². The maximum Gasteiger partial charge on any atom is 0.0580 e. The monoisotopic (exact) mass is 390 g/mol. The highest BCUT2D eigenvalue weighted by molar-refractivity contribution is 8.34. The Kier molecular flexibility index (Phi) is 4.65. The van der Waals surface area contributed by atoms with E-state index < -0.39 is 0 Å². The second-order valence-electron chi connectivity index (χ2n) is 5.02. The van der Waals surface area contributed by atoms with Crippen molar-refractivity contribution in [3.8, 4) is 0 Å². The molecule has 0 amide bonds. The van der Waals surface area contributed by atoms with Gasteiger partial charge in [0, 0.05) is 30.6 Å². The molecular formula is C18H14S5. The maximum atomic E-state index is 2.29. The van der Waals surface area contributed by atoms with Crippen molar-refractivity contribution in [2.45, 2.75) is 13.8 Å². The number of hydrogen-bond donors (Lipinski definition) is 0. The molecule has 2 aromatic heterocycles. The van der Waals surface area contributed by atoms with Gasteiger partial charge in [0.05, 0.1) is 4.24 Å². The number of allylic oxidation sites excluding steroid dienone is 1. The molecule has 4 rings (SSSR count). The van der Waals surface area contributed by atoms with E-state index in [-0.39, 0.29) is 0 Å². The lowest BCUT2D eigenvalue weighted by molar-refractivity contribution is 1.77. The van der Waals surface area contributed by atoms with Crippen LogP contribution in [0.25, 0.3) is 29.3 Å². The summed E-state index contributed by atoms with van der Waals surface area (Å²) in [7, 11) is 0. The van der Waals surface area contributed by atoms with Crippen LogP contribution in [0.2, 0.25) is 0 Å². The van der Waals surface area contributed by atoms with Crippen molar-refractivity contribution in [2.24, 2.45) is 0 Å². The van der Waals surface area contributed by atoms with Gasteiger partial charge in [0.2, 0.25) is 0 Å². The molecule has 0 saturated carbocycles. The minimum Gasteiger partial charge on any atom is -0.143 e. The Bertz CT molecular complexity index is 994. The summed E-state index contributed by atoms with van der Waals surface area (Å²) in [6, 6.07) is 4.58. The summed E-state index contributed by atoms with van der Waals surface area (Å²) in [5.41, 5.74) is 0. The van der Waals surface area contributed by atoms with Gasteiger partial charge in [-0.15, -0.1) is 34.4 Å². The topological polar surface area (TPSA) is 0 Å². The number of thioether (sulfide) groups is 3. The van der Waals surface area contributed by atoms with Gasteiger partial charge in [0.15, 0.2) is 0 Å². The van der Waals surface area contributed by atoms with E-state index in [1.54, 1.807) is 0 Å². The van der Waals surface area contributed by atoms with Crippen LogP contribution in [0, 0.1) is 0 Å². The minimum atomic E-state index is 1.38. The van der Waals surface area contributed by atoms with Crippen molar-refractivity contribution in [3.63, 3.8) is 0 Å². The fourth-order valence-electron chi connectivity index (χ4n) is 2.75. The molecular weight excluding hydrogens is 377 g/mol. The summed E-state index contributed by atoms with van der Waals surface area (Å²) in [6.07, 6.45) is 2.10. The van der Waals surface area contributed by atoms with Crippen LogP contribution in [0.3, 0.4) is 0 Å². The molecule has 0 atom stereocenters. The first kappa shape index (κ1) is 15.9. The van der Waals surface area contributed by atoms with Crippen LogP contribution in [0.5, 0.6) is 0 Å². The van der Waals surface area contributed by atoms with Gasteiger partial charge >= 0.3 is 0 Å². The molecule has 0 saturated heterocycles. The summed E-state index contributed by atoms with van der Waals surface area (Å²) in [4.78, 5) is 1.38. The highest BCUT2D eigenvalue weighted by Crippen LogP contribution is 2.39.